The van der Waals surface area contributed by atoms with Gasteiger partial charge in [0, 0.05) is 5.56 Å². The molecule has 0 radical (unpaired) electrons. The second-order valence-electron chi connectivity index (χ2n) is 2.71. The molecule has 0 aliphatic carbocycles. The molecule has 1 aromatic carbocycles. The summed E-state index contributed by atoms with van der Waals surface area (Å²) in [5, 5.41) is 18.3. The zero-order valence-corrected chi connectivity index (χ0v) is 6.74. The fraction of sp³-hybridized carbons (Fsp3) is 0.333. The maximum atomic E-state index is 12.9. The number of aliphatic hydroxyl groups is 2. The van der Waals surface area contributed by atoms with E-state index in [0.29, 0.717) is 0 Å². The highest BCUT2D eigenvalue weighted by molar-refractivity contribution is 5.20. The van der Waals surface area contributed by atoms with Gasteiger partial charge in [-0.25, -0.2) is 4.39 Å². The fourth-order valence-corrected chi connectivity index (χ4v) is 0.975. The Balaban J connectivity index is 2.94. The Hall–Kier alpha value is -0.930. The van der Waals surface area contributed by atoms with E-state index >= 15 is 0 Å². The van der Waals surface area contributed by atoms with E-state index in [-0.39, 0.29) is 5.56 Å². The van der Waals surface area contributed by atoms with Gasteiger partial charge in [-0.1, -0.05) is 18.2 Å². The van der Waals surface area contributed by atoms with Gasteiger partial charge in [0.25, 0.3) is 0 Å². The van der Waals surface area contributed by atoms with Gasteiger partial charge in [-0.3, -0.25) is 0 Å². The molecule has 0 heterocycles. The van der Waals surface area contributed by atoms with Crippen LogP contribution in [0.25, 0.3) is 0 Å². The summed E-state index contributed by atoms with van der Waals surface area (Å²) < 4.78 is 12.9. The lowest BCUT2D eigenvalue weighted by Gasteiger charge is -2.13. The molecule has 0 aliphatic rings. The van der Waals surface area contributed by atoms with Crippen molar-refractivity contribution in [1.29, 1.82) is 0 Å². The van der Waals surface area contributed by atoms with E-state index in [9.17, 15) is 9.50 Å². The van der Waals surface area contributed by atoms with E-state index < -0.39 is 18.0 Å². The molecule has 0 spiro atoms. The lowest BCUT2D eigenvalue weighted by molar-refractivity contribution is 0.0283. The van der Waals surface area contributed by atoms with Gasteiger partial charge >= 0.3 is 0 Å². The van der Waals surface area contributed by atoms with Gasteiger partial charge in [0.1, 0.15) is 11.9 Å². The van der Waals surface area contributed by atoms with Gasteiger partial charge in [-0.2, -0.15) is 0 Å². The first-order valence-electron chi connectivity index (χ1n) is 3.73. The minimum absolute atomic E-state index is 0.132. The summed E-state index contributed by atoms with van der Waals surface area (Å²) in [7, 11) is 0. The number of aliphatic hydroxyl groups excluding tert-OH is 2. The normalized spacial score (nSPS) is 15.7. The Morgan fingerprint density at radius 1 is 1.25 bits per heavy atom. The smallest absolute Gasteiger partial charge is 0.129 e. The molecule has 0 bridgehead atoms. The first-order chi connectivity index (χ1) is 5.63. The quantitative estimate of drug-likeness (QED) is 0.701. The van der Waals surface area contributed by atoms with Crippen LogP contribution in [0.4, 0.5) is 4.39 Å². The molecule has 1 aromatic rings. The fourth-order valence-electron chi connectivity index (χ4n) is 0.975. The van der Waals surface area contributed by atoms with Crippen LogP contribution in [-0.4, -0.2) is 16.3 Å². The molecule has 1 rings (SSSR count). The van der Waals surface area contributed by atoms with Crippen LogP contribution in [0.2, 0.25) is 0 Å². The zero-order chi connectivity index (χ0) is 9.14. The first kappa shape index (κ1) is 9.16. The topological polar surface area (TPSA) is 40.5 Å². The molecule has 2 atom stereocenters. The van der Waals surface area contributed by atoms with E-state index in [1.807, 2.05) is 0 Å². The minimum Gasteiger partial charge on any atom is -0.390 e. The number of benzene rings is 1. The molecule has 2 nitrogen and oxygen atoms in total. The monoisotopic (exact) mass is 170 g/mol. The molecule has 12 heavy (non-hydrogen) atoms. The molecule has 0 unspecified atom stereocenters. The summed E-state index contributed by atoms with van der Waals surface area (Å²) >= 11 is 0. The van der Waals surface area contributed by atoms with Gasteiger partial charge in [-0.15, -0.1) is 0 Å². The third kappa shape index (κ3) is 1.81. The number of halogens is 1. The average Bonchev–Trinajstić information content (AvgIpc) is 2.04. The molecule has 0 aromatic heterocycles. The Morgan fingerprint density at radius 3 is 2.33 bits per heavy atom. The molecule has 0 saturated carbocycles. The lowest BCUT2D eigenvalue weighted by atomic mass is 10.1. The largest absolute Gasteiger partial charge is 0.390 e. The van der Waals surface area contributed by atoms with E-state index in [0.717, 1.165) is 0 Å². The van der Waals surface area contributed by atoms with Gasteiger partial charge in [0.2, 0.25) is 0 Å². The van der Waals surface area contributed by atoms with Crippen LogP contribution in [0.5, 0.6) is 0 Å². The molecule has 2 N–H and O–H groups in total. The van der Waals surface area contributed by atoms with Crippen molar-refractivity contribution in [2.75, 3.05) is 0 Å². The number of hydrogen-bond donors (Lipinski definition) is 2. The maximum absolute atomic E-state index is 12.9. The number of hydrogen-bond acceptors (Lipinski definition) is 2. The highest BCUT2D eigenvalue weighted by atomic mass is 19.1. The third-order valence-electron chi connectivity index (χ3n) is 1.68. The Kier molecular flexibility index (Phi) is 2.78. The highest BCUT2D eigenvalue weighted by Gasteiger charge is 2.16. The molecule has 66 valence electrons. The van der Waals surface area contributed by atoms with Crippen LogP contribution in [-0.2, 0) is 0 Å². The number of rotatable bonds is 2. The SMILES string of the molecule is C[C@H](O)[C@@H](O)c1ccccc1F. The first-order valence-corrected chi connectivity index (χ1v) is 3.73. The van der Waals surface area contributed by atoms with Crippen LogP contribution in [0.1, 0.15) is 18.6 Å². The van der Waals surface area contributed by atoms with Crippen molar-refractivity contribution in [2.24, 2.45) is 0 Å². The van der Waals surface area contributed by atoms with Crippen LogP contribution >= 0.6 is 0 Å². The standard InChI is InChI=1S/C9H11FO2/c1-6(11)9(12)7-4-2-3-5-8(7)10/h2-6,9,11-12H,1H3/t6-,9+/m0/s1. The predicted molar refractivity (Wildman–Crippen MR) is 43.0 cm³/mol. The summed E-state index contributed by atoms with van der Waals surface area (Å²) in [6.45, 7) is 1.41. The molecular formula is C9H11FO2. The van der Waals surface area contributed by atoms with Gasteiger partial charge in [-0.05, 0) is 13.0 Å². The van der Waals surface area contributed by atoms with Gasteiger partial charge in [0.15, 0.2) is 0 Å². The molecule has 3 heteroatoms. The van der Waals surface area contributed by atoms with Crippen molar-refractivity contribution in [3.63, 3.8) is 0 Å². The van der Waals surface area contributed by atoms with E-state index in [2.05, 4.69) is 0 Å². The van der Waals surface area contributed by atoms with Crippen molar-refractivity contribution in [3.05, 3.63) is 35.6 Å². The van der Waals surface area contributed by atoms with Gasteiger partial charge < -0.3 is 10.2 Å². The van der Waals surface area contributed by atoms with Gasteiger partial charge in [0.05, 0.1) is 6.10 Å². The summed E-state index contributed by atoms with van der Waals surface area (Å²) in [5.41, 5.74) is 0.132. The summed E-state index contributed by atoms with van der Waals surface area (Å²) in [5.74, 6) is -0.495. The van der Waals surface area contributed by atoms with Crippen LogP contribution < -0.4 is 0 Å². The van der Waals surface area contributed by atoms with Crippen LogP contribution in [0.3, 0.4) is 0 Å². The summed E-state index contributed by atoms with van der Waals surface area (Å²) in [6.07, 6.45) is -2.10. The molecule has 0 amide bonds. The molecule has 0 aliphatic heterocycles. The van der Waals surface area contributed by atoms with E-state index in [4.69, 9.17) is 5.11 Å². The molecular weight excluding hydrogens is 159 g/mol. The van der Waals surface area contributed by atoms with Crippen molar-refractivity contribution < 1.29 is 14.6 Å². The van der Waals surface area contributed by atoms with Crippen molar-refractivity contribution in [2.45, 2.75) is 19.1 Å². The lowest BCUT2D eigenvalue weighted by Crippen LogP contribution is -2.14. The highest BCUT2D eigenvalue weighted by Crippen LogP contribution is 2.19. The van der Waals surface area contributed by atoms with Crippen molar-refractivity contribution in [1.82, 2.24) is 0 Å². The van der Waals surface area contributed by atoms with Crippen molar-refractivity contribution >= 4 is 0 Å². The van der Waals surface area contributed by atoms with E-state index in [1.165, 1.54) is 25.1 Å². The van der Waals surface area contributed by atoms with Crippen LogP contribution in [0, 0.1) is 5.82 Å². The predicted octanol–water partition coefficient (Wildman–Crippen LogP) is 1.24. The Bertz CT molecular complexity index is 260. The van der Waals surface area contributed by atoms with Crippen LogP contribution in [0.15, 0.2) is 24.3 Å². The maximum Gasteiger partial charge on any atom is 0.129 e. The van der Waals surface area contributed by atoms with Crippen molar-refractivity contribution in [3.8, 4) is 0 Å². The second kappa shape index (κ2) is 3.65. The average molecular weight is 170 g/mol. The third-order valence-corrected chi connectivity index (χ3v) is 1.68. The summed E-state index contributed by atoms with van der Waals surface area (Å²) in [4.78, 5) is 0. The van der Waals surface area contributed by atoms with E-state index in [1.54, 1.807) is 6.07 Å². The minimum atomic E-state index is -1.15. The molecule has 0 fully saturated rings. The zero-order valence-electron chi connectivity index (χ0n) is 6.74. The Morgan fingerprint density at radius 2 is 1.83 bits per heavy atom. The Labute approximate surface area is 70.3 Å². The molecule has 0 saturated heterocycles. The summed E-state index contributed by atoms with van der Waals surface area (Å²) in [6, 6.07) is 5.85. The second-order valence-corrected chi connectivity index (χ2v) is 2.71.